The van der Waals surface area contributed by atoms with Crippen LogP contribution in [0, 0.1) is 13.8 Å². The van der Waals surface area contributed by atoms with Crippen molar-refractivity contribution in [3.8, 4) is 0 Å². The van der Waals surface area contributed by atoms with Crippen molar-refractivity contribution in [2.75, 3.05) is 13.1 Å². The normalized spacial score (nSPS) is 11.0. The first-order valence-electron chi connectivity index (χ1n) is 7.27. The lowest BCUT2D eigenvalue weighted by molar-refractivity contribution is 0.507. The first kappa shape index (κ1) is 19.7. The van der Waals surface area contributed by atoms with Crippen LogP contribution in [0.3, 0.4) is 0 Å². The van der Waals surface area contributed by atoms with Crippen LogP contribution in [0.1, 0.15) is 21.3 Å². The first-order valence-corrected chi connectivity index (χ1v) is 8.09. The van der Waals surface area contributed by atoms with Gasteiger partial charge in [-0.25, -0.2) is 9.98 Å². The summed E-state index contributed by atoms with van der Waals surface area (Å²) < 4.78 is 5.32. The van der Waals surface area contributed by atoms with Crippen LogP contribution >= 0.6 is 35.3 Å². The fraction of sp³-hybridized carbons (Fsp3) is 0.375. The van der Waals surface area contributed by atoms with Gasteiger partial charge in [0.25, 0.3) is 0 Å². The number of halogens is 1. The second-order valence-electron chi connectivity index (χ2n) is 4.84. The van der Waals surface area contributed by atoms with E-state index in [1.54, 1.807) is 23.7 Å². The van der Waals surface area contributed by atoms with Crippen LogP contribution in [-0.4, -0.2) is 24.0 Å². The van der Waals surface area contributed by atoms with Crippen molar-refractivity contribution >= 4 is 41.3 Å². The molecule has 0 spiro atoms. The molecule has 0 radical (unpaired) electrons. The molecule has 0 amide bonds. The summed E-state index contributed by atoms with van der Waals surface area (Å²) in [5.41, 5.74) is 1.08. The molecule has 2 aromatic heterocycles. The van der Waals surface area contributed by atoms with Gasteiger partial charge in [0.1, 0.15) is 10.8 Å². The topological polar surface area (TPSA) is 62.5 Å². The highest BCUT2D eigenvalue weighted by molar-refractivity contribution is 14.0. The maximum absolute atomic E-state index is 5.32. The summed E-state index contributed by atoms with van der Waals surface area (Å²) in [6, 6.07) is 3.87. The molecule has 0 saturated carbocycles. The monoisotopic (exact) mass is 446 g/mol. The van der Waals surface area contributed by atoms with E-state index in [4.69, 9.17) is 4.42 Å². The molecule has 7 heteroatoms. The molecule has 0 unspecified atom stereocenters. The third-order valence-corrected chi connectivity index (χ3v) is 4.16. The lowest BCUT2D eigenvalue weighted by Crippen LogP contribution is -2.38. The predicted octanol–water partition coefficient (Wildman–Crippen LogP) is 3.43. The van der Waals surface area contributed by atoms with Gasteiger partial charge in [0.15, 0.2) is 5.96 Å². The average molecular weight is 446 g/mol. The van der Waals surface area contributed by atoms with Gasteiger partial charge in [-0.05, 0) is 26.0 Å². The Balaban J connectivity index is 0.00000264. The Morgan fingerprint density at radius 1 is 1.43 bits per heavy atom. The summed E-state index contributed by atoms with van der Waals surface area (Å²) in [5, 5.41) is 7.53. The second kappa shape index (κ2) is 10.4. The van der Waals surface area contributed by atoms with Crippen LogP contribution in [-0.2, 0) is 13.0 Å². The molecular weight excluding hydrogens is 423 g/mol. The van der Waals surface area contributed by atoms with Gasteiger partial charge in [0.2, 0.25) is 0 Å². The molecule has 2 rings (SSSR count). The maximum atomic E-state index is 5.32. The SMILES string of the molecule is C=CCNC(=NCc1nc(C)c(C)s1)NCCc1ccco1.I. The van der Waals surface area contributed by atoms with E-state index in [0.717, 1.165) is 35.4 Å². The summed E-state index contributed by atoms with van der Waals surface area (Å²) in [6.07, 6.45) is 4.31. The maximum Gasteiger partial charge on any atom is 0.191 e. The van der Waals surface area contributed by atoms with E-state index in [1.807, 2.05) is 19.1 Å². The van der Waals surface area contributed by atoms with E-state index in [1.165, 1.54) is 4.88 Å². The van der Waals surface area contributed by atoms with Crippen LogP contribution in [0.4, 0.5) is 0 Å². The Kier molecular flexibility index (Phi) is 8.93. The molecule has 126 valence electrons. The molecule has 0 aliphatic rings. The Morgan fingerprint density at radius 2 is 2.26 bits per heavy atom. The summed E-state index contributed by atoms with van der Waals surface area (Å²) in [6.45, 7) is 9.83. The Labute approximate surface area is 158 Å². The van der Waals surface area contributed by atoms with E-state index in [0.29, 0.717) is 13.1 Å². The Bertz CT molecular complexity index is 603. The first-order chi connectivity index (χ1) is 10.7. The molecule has 0 saturated heterocycles. The number of guanidine groups is 1. The number of nitrogens with one attached hydrogen (secondary N) is 2. The molecule has 2 aromatic rings. The van der Waals surface area contributed by atoms with Gasteiger partial charge in [-0.2, -0.15) is 0 Å². The van der Waals surface area contributed by atoms with Crippen molar-refractivity contribution in [3.63, 3.8) is 0 Å². The zero-order chi connectivity index (χ0) is 15.8. The van der Waals surface area contributed by atoms with Crippen LogP contribution < -0.4 is 10.6 Å². The highest BCUT2D eigenvalue weighted by atomic mass is 127. The zero-order valence-electron chi connectivity index (χ0n) is 13.5. The van der Waals surface area contributed by atoms with Crippen molar-refractivity contribution in [1.29, 1.82) is 0 Å². The van der Waals surface area contributed by atoms with Crippen LogP contribution in [0.2, 0.25) is 0 Å². The Hall–Kier alpha value is -1.35. The minimum atomic E-state index is 0. The van der Waals surface area contributed by atoms with Crippen molar-refractivity contribution in [1.82, 2.24) is 15.6 Å². The molecule has 23 heavy (non-hydrogen) atoms. The lowest BCUT2D eigenvalue weighted by Gasteiger charge is -2.10. The van der Waals surface area contributed by atoms with E-state index in [2.05, 4.69) is 34.1 Å². The number of thiazole rings is 1. The third-order valence-electron chi connectivity index (χ3n) is 3.10. The molecule has 0 atom stereocenters. The summed E-state index contributed by atoms with van der Waals surface area (Å²) in [4.78, 5) is 10.3. The van der Waals surface area contributed by atoms with Gasteiger partial charge in [0.05, 0.1) is 18.5 Å². The van der Waals surface area contributed by atoms with Crippen molar-refractivity contribution in [2.45, 2.75) is 26.8 Å². The van der Waals surface area contributed by atoms with Gasteiger partial charge in [-0.1, -0.05) is 6.08 Å². The molecule has 0 fully saturated rings. The zero-order valence-corrected chi connectivity index (χ0v) is 16.6. The smallest absolute Gasteiger partial charge is 0.191 e. The minimum Gasteiger partial charge on any atom is -0.469 e. The summed E-state index contributed by atoms with van der Waals surface area (Å²) in [7, 11) is 0. The average Bonchev–Trinajstić information content (AvgIpc) is 3.12. The Morgan fingerprint density at radius 3 is 2.87 bits per heavy atom. The molecule has 2 heterocycles. The quantitative estimate of drug-likeness (QED) is 0.296. The number of hydrogen-bond donors (Lipinski definition) is 2. The van der Waals surface area contributed by atoms with E-state index in [9.17, 15) is 0 Å². The lowest BCUT2D eigenvalue weighted by atomic mass is 10.3. The van der Waals surface area contributed by atoms with E-state index < -0.39 is 0 Å². The second-order valence-corrected chi connectivity index (χ2v) is 6.13. The van der Waals surface area contributed by atoms with E-state index in [-0.39, 0.29) is 24.0 Å². The fourth-order valence-corrected chi connectivity index (χ4v) is 2.71. The third kappa shape index (κ3) is 6.74. The van der Waals surface area contributed by atoms with Crippen molar-refractivity contribution in [3.05, 3.63) is 52.4 Å². The number of nitrogens with zero attached hydrogens (tertiary/aromatic N) is 2. The van der Waals surface area contributed by atoms with E-state index >= 15 is 0 Å². The van der Waals surface area contributed by atoms with Gasteiger partial charge >= 0.3 is 0 Å². The number of aliphatic imine (C=N–C) groups is 1. The van der Waals surface area contributed by atoms with Gasteiger partial charge < -0.3 is 15.1 Å². The number of aryl methyl sites for hydroxylation is 2. The van der Waals surface area contributed by atoms with Crippen LogP contribution in [0.5, 0.6) is 0 Å². The molecule has 0 aromatic carbocycles. The number of hydrogen-bond acceptors (Lipinski definition) is 4. The number of aromatic nitrogens is 1. The van der Waals surface area contributed by atoms with Gasteiger partial charge in [0, 0.05) is 24.4 Å². The van der Waals surface area contributed by atoms with Gasteiger partial charge in [-0.15, -0.1) is 41.9 Å². The molecule has 2 N–H and O–H groups in total. The highest BCUT2D eigenvalue weighted by Crippen LogP contribution is 2.16. The van der Waals surface area contributed by atoms with Crippen molar-refractivity contribution < 1.29 is 4.42 Å². The largest absolute Gasteiger partial charge is 0.469 e. The number of furan rings is 1. The van der Waals surface area contributed by atoms with Crippen LogP contribution in [0.15, 0.2) is 40.5 Å². The van der Waals surface area contributed by atoms with Gasteiger partial charge in [-0.3, -0.25) is 0 Å². The fourth-order valence-electron chi connectivity index (χ4n) is 1.86. The standard InChI is InChI=1S/C16H22N4OS.HI/c1-4-8-17-16(18-9-7-14-6-5-10-21-14)19-11-15-20-12(2)13(3)22-15;/h4-6,10H,1,7-9,11H2,2-3H3,(H2,17,18,19);1H. The molecular formula is C16H23IN4OS. The predicted molar refractivity (Wildman–Crippen MR) is 107 cm³/mol. The highest BCUT2D eigenvalue weighted by Gasteiger charge is 2.04. The number of rotatable bonds is 7. The summed E-state index contributed by atoms with van der Waals surface area (Å²) in [5.74, 6) is 1.72. The molecule has 0 aliphatic heterocycles. The minimum absolute atomic E-state index is 0. The molecule has 5 nitrogen and oxygen atoms in total. The summed E-state index contributed by atoms with van der Waals surface area (Å²) >= 11 is 1.69. The van der Waals surface area contributed by atoms with Crippen LogP contribution in [0.25, 0.3) is 0 Å². The molecule has 0 bridgehead atoms. The molecule has 0 aliphatic carbocycles. The van der Waals surface area contributed by atoms with Crippen molar-refractivity contribution in [2.24, 2.45) is 4.99 Å².